The monoisotopic (exact) mass is 843 g/mol. The second-order valence-electron chi connectivity index (χ2n) is 13.6. The number of rotatable bonds is 13. The lowest BCUT2D eigenvalue weighted by Gasteiger charge is -2.40. The highest BCUT2D eigenvalue weighted by molar-refractivity contribution is 5.90. The molecule has 0 radical (unpaired) electrons. The van der Waals surface area contributed by atoms with Crippen LogP contribution in [0.3, 0.4) is 0 Å². The smallest absolute Gasteiger partial charge is 0.508 e. The lowest BCUT2D eigenvalue weighted by Crippen LogP contribution is -2.60. The number of carboxylic acid groups (broad SMARTS) is 1. The van der Waals surface area contributed by atoms with Crippen molar-refractivity contribution in [3.63, 3.8) is 0 Å². The molecule has 4 aliphatic rings. The molecule has 0 spiro atoms. The fourth-order valence-electron chi connectivity index (χ4n) is 6.09. The van der Waals surface area contributed by atoms with E-state index in [0.717, 1.165) is 18.2 Å². The number of ether oxygens (including phenoxy) is 6. The maximum atomic E-state index is 12.9. The van der Waals surface area contributed by atoms with E-state index in [0.29, 0.717) is 5.56 Å². The summed E-state index contributed by atoms with van der Waals surface area (Å²) in [4.78, 5) is 45.9. The molecule has 0 aromatic heterocycles. The van der Waals surface area contributed by atoms with Gasteiger partial charge in [0.1, 0.15) is 73.0 Å². The molecule has 21 nitrogen and oxygen atoms in total. The molecule has 11 N–H and O–H groups in total. The number of esters is 2. The molecule has 0 saturated carbocycles. The summed E-state index contributed by atoms with van der Waals surface area (Å²) in [6.45, 7) is -1.37. The molecule has 10 unspecified atom stereocenters. The van der Waals surface area contributed by atoms with Crippen LogP contribution in [0.5, 0.6) is 28.7 Å². The van der Waals surface area contributed by atoms with E-state index in [1.807, 2.05) is 0 Å². The minimum absolute atomic E-state index is 0.0630. The van der Waals surface area contributed by atoms with Gasteiger partial charge in [-0.25, -0.2) is 0 Å². The number of phenols is 3. The lowest BCUT2D eigenvalue weighted by atomic mass is 9.99. The summed E-state index contributed by atoms with van der Waals surface area (Å²) in [5.74, 6) is -5.18. The Labute approximate surface area is 337 Å². The van der Waals surface area contributed by atoms with Crippen LogP contribution in [0.25, 0.3) is 28.7 Å². The molecule has 1 aliphatic carbocycles. The minimum atomic E-state index is -1.97. The van der Waals surface area contributed by atoms with Crippen LogP contribution in [-0.2, 0) is 28.5 Å². The minimum Gasteiger partial charge on any atom is -0.508 e. The molecule has 3 heterocycles. The molecule has 21 heteroatoms. The van der Waals surface area contributed by atoms with Crippen LogP contribution < -0.4 is 14.9 Å². The molecule has 60 heavy (non-hydrogen) atoms. The number of aliphatic carboxylic acids is 1. The van der Waals surface area contributed by atoms with E-state index in [-0.39, 0.29) is 45.6 Å². The number of carbonyl (C=O) groups excluding carboxylic acids is 2. The van der Waals surface area contributed by atoms with Gasteiger partial charge in [0.05, 0.1) is 11.6 Å². The van der Waals surface area contributed by atoms with Gasteiger partial charge in [0, 0.05) is 17.7 Å². The molecule has 10 atom stereocenters. The Hall–Kier alpha value is -6.30. The van der Waals surface area contributed by atoms with Gasteiger partial charge in [-0.05, 0) is 54.1 Å². The predicted molar refractivity (Wildman–Crippen MR) is 198 cm³/mol. The van der Waals surface area contributed by atoms with Crippen molar-refractivity contribution in [2.75, 3.05) is 13.2 Å². The fourth-order valence-corrected chi connectivity index (χ4v) is 6.09. The highest BCUT2D eigenvalue weighted by Crippen LogP contribution is 2.43. The number of hydrogen-bond donors (Lipinski definition) is 10. The molecular weight excluding hydrogens is 804 g/mol. The number of benzene rings is 3. The average Bonchev–Trinajstić information content (AvgIpc) is 3.20. The first-order chi connectivity index (χ1) is 28.5. The first-order valence-electron chi connectivity index (χ1n) is 17.9. The first kappa shape index (κ1) is 43.3. The van der Waals surface area contributed by atoms with Crippen LogP contribution in [0.4, 0.5) is 0 Å². The Balaban J connectivity index is 1.28. The van der Waals surface area contributed by atoms with Crippen LogP contribution in [0, 0.1) is 0 Å². The summed E-state index contributed by atoms with van der Waals surface area (Å²) in [6, 6.07) is 12.5. The van der Waals surface area contributed by atoms with Crippen LogP contribution in [0.1, 0.15) is 12.0 Å². The standard InChI is InChI=1S/C39H38O21/c40-18-5-3-17(4-6-18)37-25(58-39-36(53)34(51)31(48)26(60-39)14-54-29(46)8-2-16-1-7-21(42)22(43)9-16)12-20-23(56-37)10-19(41)11-24(20)57-38-35(52)33(50)32(49)27(59-38)15-55-30(47)13-28(44)45/h1-12,26-27,31-36,38-40,42-43,48-53H,13-15H2,(H,44,45)/p+1. The van der Waals surface area contributed by atoms with Crippen molar-refractivity contribution in [2.45, 2.75) is 67.8 Å². The van der Waals surface area contributed by atoms with E-state index in [2.05, 4.69) is 0 Å². The van der Waals surface area contributed by atoms with Crippen molar-refractivity contribution in [3.8, 4) is 51.4 Å². The Kier molecular flexibility index (Phi) is 13.2. The van der Waals surface area contributed by atoms with E-state index in [1.54, 1.807) is 0 Å². The van der Waals surface area contributed by atoms with Crippen LogP contribution >= 0.6 is 0 Å². The summed E-state index contributed by atoms with van der Waals surface area (Å²) in [6.07, 6.45) is -16.6. The predicted octanol–water partition coefficient (Wildman–Crippen LogP) is -0.849. The van der Waals surface area contributed by atoms with Gasteiger partial charge in [-0.2, -0.15) is 0 Å². The summed E-state index contributed by atoms with van der Waals surface area (Å²) in [7, 11) is 0. The fraction of sp³-hybridized carbons (Fsp3) is 0.333. The number of carbonyl (C=O) groups is 2. The third kappa shape index (κ3) is 9.93. The maximum absolute atomic E-state index is 12.9. The molecule has 2 aromatic rings. The Morgan fingerprint density at radius 1 is 0.700 bits per heavy atom. The molecular formula is C39H39O21+. The van der Waals surface area contributed by atoms with E-state index in [4.69, 9.17) is 37.9 Å². The largest absolute Gasteiger partial charge is 0.510 e. The zero-order valence-electron chi connectivity index (χ0n) is 30.8. The van der Waals surface area contributed by atoms with Crippen molar-refractivity contribution in [2.24, 2.45) is 0 Å². The molecule has 3 aliphatic heterocycles. The van der Waals surface area contributed by atoms with Gasteiger partial charge in [0.15, 0.2) is 34.5 Å². The maximum Gasteiger partial charge on any atom is 0.510 e. The number of aromatic hydroxyl groups is 3. The van der Waals surface area contributed by atoms with Gasteiger partial charge >= 0.3 is 17.9 Å². The topological polar surface area (TPSA) is 343 Å². The van der Waals surface area contributed by atoms with Crippen molar-refractivity contribution < 1.29 is 98.3 Å². The summed E-state index contributed by atoms with van der Waals surface area (Å²) < 4.78 is 39.4. The zero-order chi connectivity index (χ0) is 43.4. The molecule has 0 amide bonds. The molecule has 320 valence electrons. The third-order valence-electron chi connectivity index (χ3n) is 9.26. The number of carboxylic acids is 1. The number of phenolic OH excluding ortho intramolecular Hbond substituents is 3. The summed E-state index contributed by atoms with van der Waals surface area (Å²) in [5.41, 5.74) is -0.149. The second-order valence-corrected chi connectivity index (χ2v) is 13.6. The van der Waals surface area contributed by atoms with Crippen LogP contribution in [0.15, 0.2) is 76.0 Å². The molecule has 2 aromatic carbocycles. The van der Waals surface area contributed by atoms with E-state index >= 15 is 0 Å². The normalized spacial score (nSPS) is 26.7. The van der Waals surface area contributed by atoms with Crippen molar-refractivity contribution in [1.29, 1.82) is 0 Å². The lowest BCUT2D eigenvalue weighted by molar-refractivity contribution is -0.278. The molecule has 6 rings (SSSR count). The first-order valence-corrected chi connectivity index (χ1v) is 17.9. The van der Waals surface area contributed by atoms with Crippen molar-refractivity contribution >= 4 is 24.0 Å². The van der Waals surface area contributed by atoms with E-state index < -0.39 is 110 Å². The van der Waals surface area contributed by atoms with Gasteiger partial charge in [-0.1, -0.05) is 6.07 Å². The Bertz CT molecular complexity index is 2240. The highest BCUT2D eigenvalue weighted by atomic mass is 16.7. The molecule has 2 fully saturated rings. The Morgan fingerprint density at radius 2 is 1.30 bits per heavy atom. The van der Waals surface area contributed by atoms with Crippen molar-refractivity contribution in [1.82, 2.24) is 0 Å². The number of fused-ring (bicyclic) bond motifs is 1. The van der Waals surface area contributed by atoms with Gasteiger partial charge in [-0.15, -0.1) is 0 Å². The number of hydrogen-bond acceptors (Lipinski definition) is 19. The molecule has 2 saturated heterocycles. The SMILES string of the molecule is O=C(O)CC(=O)OCC1OC(Oc2cc(=O)cc3oc(-c4ccc(O)cc4)c(OC4OC(COC(=[OH+])C=Cc5ccc(O)c(O)c5)C(O)C(O)C4O)cc2-3)C(O)C(O)C1O. The second kappa shape index (κ2) is 18.3. The van der Waals surface area contributed by atoms with Gasteiger partial charge < -0.3 is 88.7 Å². The van der Waals surface area contributed by atoms with Crippen LogP contribution in [0.2, 0.25) is 0 Å². The van der Waals surface area contributed by atoms with E-state index in [9.17, 15) is 65.1 Å². The van der Waals surface area contributed by atoms with Gasteiger partial charge in [0.2, 0.25) is 19.2 Å². The zero-order valence-corrected chi connectivity index (χ0v) is 30.8. The number of aliphatic hydroxyl groups excluding tert-OH is 6. The van der Waals surface area contributed by atoms with E-state index in [1.165, 1.54) is 54.6 Å². The Morgan fingerprint density at radius 3 is 1.90 bits per heavy atom. The summed E-state index contributed by atoms with van der Waals surface area (Å²) in [5, 5.41) is 102. The quantitative estimate of drug-likeness (QED) is 0.0258. The average molecular weight is 844 g/mol. The van der Waals surface area contributed by atoms with Crippen molar-refractivity contribution in [3.05, 3.63) is 82.5 Å². The van der Waals surface area contributed by atoms with Gasteiger partial charge in [-0.3, -0.25) is 14.4 Å². The highest BCUT2D eigenvalue weighted by Gasteiger charge is 2.48. The summed E-state index contributed by atoms with van der Waals surface area (Å²) >= 11 is 0. The molecule has 0 bridgehead atoms. The van der Waals surface area contributed by atoms with Crippen LogP contribution in [-0.4, -0.2) is 148 Å². The van der Waals surface area contributed by atoms with Gasteiger partial charge in [0.25, 0.3) is 0 Å². The number of aliphatic hydroxyl groups is 6. The third-order valence-corrected chi connectivity index (χ3v) is 9.26.